The molecule has 1 aromatic carbocycles. The first kappa shape index (κ1) is 14.6. The fourth-order valence-corrected chi connectivity index (χ4v) is 3.10. The molecular formula is C17H21N3O2. The lowest BCUT2D eigenvalue weighted by Crippen LogP contribution is -2.22. The van der Waals surface area contributed by atoms with Crippen molar-refractivity contribution in [2.75, 3.05) is 12.3 Å². The second-order valence-electron chi connectivity index (χ2n) is 5.77. The second kappa shape index (κ2) is 5.83. The van der Waals surface area contributed by atoms with E-state index in [0.29, 0.717) is 23.9 Å². The Morgan fingerprint density at radius 2 is 2.00 bits per heavy atom. The van der Waals surface area contributed by atoms with Gasteiger partial charge in [0.1, 0.15) is 11.4 Å². The lowest BCUT2D eigenvalue weighted by atomic mass is 9.69. The molecule has 1 aromatic heterocycles. The minimum atomic E-state index is -0.369. The van der Waals surface area contributed by atoms with Crippen LogP contribution in [-0.4, -0.2) is 22.4 Å². The maximum absolute atomic E-state index is 12.1. The summed E-state index contributed by atoms with van der Waals surface area (Å²) in [4.78, 5) is 12.1. The van der Waals surface area contributed by atoms with Gasteiger partial charge in [0, 0.05) is 13.0 Å². The normalized spacial score (nSPS) is 20.5. The van der Waals surface area contributed by atoms with Gasteiger partial charge in [-0.15, -0.1) is 0 Å². The summed E-state index contributed by atoms with van der Waals surface area (Å²) < 4.78 is 6.69. The lowest BCUT2D eigenvalue weighted by molar-refractivity contribution is 0.0524. The van der Waals surface area contributed by atoms with E-state index >= 15 is 0 Å². The highest BCUT2D eigenvalue weighted by Gasteiger charge is 2.37. The van der Waals surface area contributed by atoms with Crippen LogP contribution in [0.15, 0.2) is 30.3 Å². The molecule has 0 bridgehead atoms. The highest BCUT2D eigenvalue weighted by Crippen LogP contribution is 2.48. The summed E-state index contributed by atoms with van der Waals surface area (Å²) in [6, 6.07) is 10.5. The second-order valence-corrected chi connectivity index (χ2v) is 5.77. The number of benzene rings is 1. The topological polar surface area (TPSA) is 70.1 Å². The molecule has 0 unspecified atom stereocenters. The summed E-state index contributed by atoms with van der Waals surface area (Å²) in [5.41, 5.74) is 8.57. The van der Waals surface area contributed by atoms with E-state index < -0.39 is 0 Å². The first-order valence-corrected chi connectivity index (χ1v) is 7.66. The molecule has 0 aliphatic heterocycles. The first-order chi connectivity index (χ1) is 10.6. The third kappa shape index (κ3) is 2.47. The van der Waals surface area contributed by atoms with Crippen LogP contribution in [-0.2, 0) is 11.8 Å². The maximum Gasteiger partial charge on any atom is 0.343 e. The summed E-state index contributed by atoms with van der Waals surface area (Å²) >= 11 is 0. The van der Waals surface area contributed by atoms with Crippen molar-refractivity contribution in [2.24, 2.45) is 7.05 Å². The van der Waals surface area contributed by atoms with Gasteiger partial charge in [-0.1, -0.05) is 30.3 Å². The monoisotopic (exact) mass is 299 g/mol. The summed E-state index contributed by atoms with van der Waals surface area (Å²) in [6.07, 6.45) is 1.99. The molecule has 0 spiro atoms. The number of ether oxygens (including phenoxy) is 1. The third-order valence-electron chi connectivity index (χ3n) is 4.39. The SMILES string of the molecule is CCOC(=O)c1c(C2CC(c3ccccc3)C2)nn(C)c1N. The van der Waals surface area contributed by atoms with Crippen LogP contribution in [0.5, 0.6) is 0 Å². The zero-order valence-corrected chi connectivity index (χ0v) is 13.0. The number of nitrogens with two attached hydrogens (primary N) is 1. The number of hydrogen-bond donors (Lipinski definition) is 1. The first-order valence-electron chi connectivity index (χ1n) is 7.66. The van der Waals surface area contributed by atoms with E-state index in [0.717, 1.165) is 18.5 Å². The molecule has 0 atom stereocenters. The Balaban J connectivity index is 1.80. The molecular weight excluding hydrogens is 278 g/mol. The Morgan fingerprint density at radius 1 is 1.32 bits per heavy atom. The molecule has 1 aliphatic carbocycles. The van der Waals surface area contributed by atoms with Crippen LogP contribution in [0.3, 0.4) is 0 Å². The molecule has 0 saturated heterocycles. The molecule has 0 amide bonds. The Bertz CT molecular complexity index is 673. The fourth-order valence-electron chi connectivity index (χ4n) is 3.10. The molecule has 1 saturated carbocycles. The Hall–Kier alpha value is -2.30. The van der Waals surface area contributed by atoms with Crippen molar-refractivity contribution in [2.45, 2.75) is 31.6 Å². The van der Waals surface area contributed by atoms with Crippen LogP contribution in [0.4, 0.5) is 5.82 Å². The van der Waals surface area contributed by atoms with Crippen molar-refractivity contribution < 1.29 is 9.53 Å². The van der Waals surface area contributed by atoms with Crippen LogP contribution >= 0.6 is 0 Å². The number of hydrogen-bond acceptors (Lipinski definition) is 4. The molecule has 0 radical (unpaired) electrons. The van der Waals surface area contributed by atoms with Crippen molar-refractivity contribution in [3.05, 3.63) is 47.2 Å². The summed E-state index contributed by atoms with van der Waals surface area (Å²) in [5, 5.41) is 4.45. The average molecular weight is 299 g/mol. The Labute approximate surface area is 130 Å². The highest BCUT2D eigenvalue weighted by atomic mass is 16.5. The van der Waals surface area contributed by atoms with Gasteiger partial charge in [-0.2, -0.15) is 5.10 Å². The van der Waals surface area contributed by atoms with E-state index in [2.05, 4.69) is 29.4 Å². The van der Waals surface area contributed by atoms with E-state index in [1.54, 1.807) is 18.7 Å². The van der Waals surface area contributed by atoms with E-state index in [9.17, 15) is 4.79 Å². The van der Waals surface area contributed by atoms with E-state index in [1.165, 1.54) is 5.56 Å². The number of nitrogens with zero attached hydrogens (tertiary/aromatic N) is 2. The largest absolute Gasteiger partial charge is 0.462 e. The number of rotatable bonds is 4. The molecule has 116 valence electrons. The van der Waals surface area contributed by atoms with Crippen molar-refractivity contribution in [1.82, 2.24) is 9.78 Å². The van der Waals surface area contributed by atoms with Gasteiger partial charge in [0.25, 0.3) is 0 Å². The third-order valence-corrected chi connectivity index (χ3v) is 4.39. The van der Waals surface area contributed by atoms with Crippen LogP contribution in [0.25, 0.3) is 0 Å². The van der Waals surface area contributed by atoms with Crippen molar-refractivity contribution in [3.8, 4) is 0 Å². The van der Waals surface area contributed by atoms with Gasteiger partial charge in [-0.05, 0) is 31.2 Å². The number of carbonyl (C=O) groups is 1. The standard InChI is InChI=1S/C17H21N3O2/c1-3-22-17(21)14-15(19-20(2)16(14)18)13-9-12(10-13)11-7-5-4-6-8-11/h4-8,12-13H,3,9-10,18H2,1-2H3. The molecule has 1 heterocycles. The molecule has 3 rings (SSSR count). The van der Waals surface area contributed by atoms with E-state index in [1.807, 2.05) is 6.07 Å². The minimum Gasteiger partial charge on any atom is -0.462 e. The van der Waals surface area contributed by atoms with Gasteiger partial charge < -0.3 is 10.5 Å². The van der Waals surface area contributed by atoms with E-state index in [-0.39, 0.29) is 11.9 Å². The Morgan fingerprint density at radius 3 is 2.64 bits per heavy atom. The molecule has 1 aliphatic rings. The highest BCUT2D eigenvalue weighted by molar-refractivity contribution is 5.95. The molecule has 2 aromatic rings. The zero-order chi connectivity index (χ0) is 15.7. The number of esters is 1. The van der Waals surface area contributed by atoms with Crippen LogP contribution in [0.1, 0.15) is 53.2 Å². The van der Waals surface area contributed by atoms with Gasteiger partial charge >= 0.3 is 5.97 Å². The summed E-state index contributed by atoms with van der Waals surface area (Å²) in [6.45, 7) is 2.13. The predicted molar refractivity (Wildman–Crippen MR) is 84.7 cm³/mol. The van der Waals surface area contributed by atoms with Crippen LogP contribution in [0, 0.1) is 0 Å². The smallest absolute Gasteiger partial charge is 0.343 e. The van der Waals surface area contributed by atoms with Crippen LogP contribution in [0.2, 0.25) is 0 Å². The number of aromatic nitrogens is 2. The number of nitrogen functional groups attached to an aromatic ring is 1. The van der Waals surface area contributed by atoms with Crippen LogP contribution < -0.4 is 5.73 Å². The van der Waals surface area contributed by atoms with E-state index in [4.69, 9.17) is 10.5 Å². The molecule has 1 fully saturated rings. The number of carbonyl (C=O) groups excluding carboxylic acids is 1. The number of aryl methyl sites for hydroxylation is 1. The molecule has 2 N–H and O–H groups in total. The van der Waals surface area contributed by atoms with Crippen molar-refractivity contribution in [1.29, 1.82) is 0 Å². The van der Waals surface area contributed by atoms with Gasteiger partial charge in [0.2, 0.25) is 0 Å². The fraction of sp³-hybridized carbons (Fsp3) is 0.412. The maximum atomic E-state index is 12.1. The lowest BCUT2D eigenvalue weighted by Gasteiger charge is -2.35. The van der Waals surface area contributed by atoms with Crippen molar-refractivity contribution in [3.63, 3.8) is 0 Å². The van der Waals surface area contributed by atoms with Gasteiger partial charge in [-0.3, -0.25) is 4.68 Å². The zero-order valence-electron chi connectivity index (χ0n) is 13.0. The van der Waals surface area contributed by atoms with Gasteiger partial charge in [0.15, 0.2) is 0 Å². The summed E-state index contributed by atoms with van der Waals surface area (Å²) in [5.74, 6) is 0.820. The minimum absolute atomic E-state index is 0.271. The quantitative estimate of drug-likeness (QED) is 0.881. The Kier molecular flexibility index (Phi) is 3.88. The number of anilines is 1. The van der Waals surface area contributed by atoms with Gasteiger partial charge in [0.05, 0.1) is 12.3 Å². The molecule has 5 nitrogen and oxygen atoms in total. The van der Waals surface area contributed by atoms with Gasteiger partial charge in [-0.25, -0.2) is 4.79 Å². The average Bonchev–Trinajstić information content (AvgIpc) is 2.74. The molecule has 22 heavy (non-hydrogen) atoms. The summed E-state index contributed by atoms with van der Waals surface area (Å²) in [7, 11) is 1.76. The van der Waals surface area contributed by atoms with Crippen molar-refractivity contribution >= 4 is 11.8 Å². The predicted octanol–water partition coefficient (Wildman–Crippen LogP) is 2.84. The molecule has 5 heteroatoms.